The van der Waals surface area contributed by atoms with E-state index >= 15 is 0 Å². The van der Waals surface area contributed by atoms with Crippen LogP contribution in [0.4, 0.5) is 0 Å². The van der Waals surface area contributed by atoms with E-state index in [4.69, 9.17) is 17.2 Å². The molecule has 4 aromatic rings. The largest absolute Gasteiger partial charge is 0.370 e. The van der Waals surface area contributed by atoms with E-state index in [0.29, 0.717) is 23.2 Å². The van der Waals surface area contributed by atoms with Crippen molar-refractivity contribution in [1.29, 1.82) is 0 Å². The number of H-pyrrole nitrogens is 2. The minimum absolute atomic E-state index is 0.0163. The zero-order chi connectivity index (χ0) is 48.7. The number of benzene rings is 2. The van der Waals surface area contributed by atoms with E-state index in [1.807, 2.05) is 31.2 Å². The molecular weight excluding hydrogens is 899 g/mol. The third kappa shape index (κ3) is 17.6. The number of unbranched alkanes of at least 4 members (excludes halogenated alkanes) is 2. The van der Waals surface area contributed by atoms with Gasteiger partial charge in [-0.2, -0.15) is 25.3 Å². The first-order valence-electron chi connectivity index (χ1n) is 22.2. The highest BCUT2D eigenvalue weighted by atomic mass is 32.1. The molecule has 362 valence electrons. The fourth-order valence-electron chi connectivity index (χ4n) is 7.15. The lowest BCUT2D eigenvalue weighted by atomic mass is 10.0. The summed E-state index contributed by atoms with van der Waals surface area (Å²) in [6.07, 6.45) is 7.52. The number of aromatic amines is 2. The Balaban J connectivity index is 1.64. The van der Waals surface area contributed by atoms with E-state index in [9.17, 15) is 33.6 Å². The number of nitrogens with two attached hydrogens (primary N) is 3. The number of para-hydroxylation sites is 1. The third-order valence-electron chi connectivity index (χ3n) is 10.8. The van der Waals surface area contributed by atoms with Gasteiger partial charge < -0.3 is 59.1 Å². The molecule has 2 aromatic heterocycles. The molecule has 20 nitrogen and oxygen atoms in total. The molecule has 7 amide bonds. The van der Waals surface area contributed by atoms with Gasteiger partial charge in [0.05, 0.1) is 6.33 Å². The van der Waals surface area contributed by atoms with E-state index in [0.717, 1.165) is 23.7 Å². The molecule has 0 aliphatic carbocycles. The smallest absolute Gasteiger partial charge is 0.243 e. The molecule has 4 rings (SSSR count). The van der Waals surface area contributed by atoms with Crippen LogP contribution in [0.2, 0.25) is 0 Å². The van der Waals surface area contributed by atoms with Gasteiger partial charge in [-0.15, -0.1) is 0 Å². The highest BCUT2D eigenvalue weighted by molar-refractivity contribution is 7.80. The lowest BCUT2D eigenvalue weighted by Crippen LogP contribution is -2.60. The van der Waals surface area contributed by atoms with Crippen molar-refractivity contribution >= 4 is 83.5 Å². The number of carbonyl (C=O) groups excluding carboxylic acids is 7. The molecule has 6 atom stereocenters. The number of fused-ring (bicyclic) bond motifs is 1. The number of nitrogens with one attached hydrogen (secondary N) is 8. The van der Waals surface area contributed by atoms with Crippen molar-refractivity contribution in [2.45, 2.75) is 107 Å². The summed E-state index contributed by atoms with van der Waals surface area (Å²) in [6.45, 7) is 2.11. The van der Waals surface area contributed by atoms with Crippen LogP contribution >= 0.6 is 25.3 Å². The SMILES string of the molecule is CCCCCC(=O)N[C@@H](CCS)C(=O)N[C@@H](Cc1cnc[nH]1)C(=O)N[C@H](Cc1ccccc1)C(=O)N[C@@H](CCCN=C(N)N)C(=O)N[C@@H](Cc1c[nH]c2ccccc12)C(=O)N[C@@H](CS)C(N)=O. The van der Waals surface area contributed by atoms with Crippen LogP contribution in [0.3, 0.4) is 0 Å². The molecule has 2 heterocycles. The first-order valence-corrected chi connectivity index (χ1v) is 23.4. The zero-order valence-corrected chi connectivity index (χ0v) is 39.3. The van der Waals surface area contributed by atoms with Gasteiger partial charge in [-0.05, 0) is 48.6 Å². The Kier molecular flexibility index (Phi) is 22.0. The number of imidazole rings is 1. The van der Waals surface area contributed by atoms with Crippen LogP contribution in [0.5, 0.6) is 0 Å². The van der Waals surface area contributed by atoms with Crippen LogP contribution in [0.1, 0.15) is 68.7 Å². The minimum atomic E-state index is -1.31. The van der Waals surface area contributed by atoms with Gasteiger partial charge in [-0.25, -0.2) is 4.98 Å². The van der Waals surface area contributed by atoms with Crippen LogP contribution in [0, 0.1) is 0 Å². The van der Waals surface area contributed by atoms with Crippen molar-refractivity contribution in [3.63, 3.8) is 0 Å². The van der Waals surface area contributed by atoms with Crippen molar-refractivity contribution in [1.82, 2.24) is 46.9 Å². The molecule has 0 radical (unpaired) electrons. The molecule has 0 unspecified atom stereocenters. The number of amides is 7. The molecule has 0 fully saturated rings. The fraction of sp³-hybridized carbons (Fsp3) is 0.444. The quantitative estimate of drug-likeness (QED) is 0.0152. The minimum Gasteiger partial charge on any atom is -0.370 e. The first-order chi connectivity index (χ1) is 32.2. The molecule has 0 aliphatic rings. The third-order valence-corrected chi connectivity index (χ3v) is 11.4. The molecule has 0 spiro atoms. The number of hydrogen-bond donors (Lipinski definition) is 13. The number of nitrogens with zero attached hydrogens (tertiary/aromatic N) is 2. The summed E-state index contributed by atoms with van der Waals surface area (Å²) in [6, 6.07) is 8.92. The second-order valence-electron chi connectivity index (χ2n) is 16.0. The van der Waals surface area contributed by atoms with Gasteiger partial charge in [0.25, 0.3) is 0 Å². The molecule has 14 N–H and O–H groups in total. The Hall–Kier alpha value is -6.55. The normalized spacial score (nSPS) is 13.7. The number of guanidine groups is 1. The lowest BCUT2D eigenvalue weighted by molar-refractivity contribution is -0.135. The summed E-state index contributed by atoms with van der Waals surface area (Å²) in [5.74, 6) is -4.77. The second-order valence-corrected chi connectivity index (χ2v) is 16.8. The second kappa shape index (κ2) is 27.8. The summed E-state index contributed by atoms with van der Waals surface area (Å²) < 4.78 is 0. The van der Waals surface area contributed by atoms with Crippen molar-refractivity contribution in [3.8, 4) is 0 Å². The van der Waals surface area contributed by atoms with Gasteiger partial charge >= 0.3 is 0 Å². The maximum atomic E-state index is 14.5. The lowest BCUT2D eigenvalue weighted by Gasteiger charge is -2.27. The topological polar surface area (TPSA) is 327 Å². The van der Waals surface area contributed by atoms with Crippen molar-refractivity contribution in [2.75, 3.05) is 18.1 Å². The molecule has 0 bridgehead atoms. The molecule has 67 heavy (non-hydrogen) atoms. The van der Waals surface area contributed by atoms with Crippen LogP contribution in [-0.4, -0.2) is 117 Å². The predicted molar refractivity (Wildman–Crippen MR) is 262 cm³/mol. The Morgan fingerprint density at radius 1 is 0.657 bits per heavy atom. The summed E-state index contributed by atoms with van der Waals surface area (Å²) in [4.78, 5) is 110. The van der Waals surface area contributed by atoms with Gasteiger partial charge in [0.2, 0.25) is 41.4 Å². The van der Waals surface area contributed by atoms with E-state index in [2.05, 4.69) is 77.1 Å². The van der Waals surface area contributed by atoms with E-state index in [1.165, 1.54) is 12.5 Å². The number of aromatic nitrogens is 3. The molecule has 2 aromatic carbocycles. The number of aliphatic imine (C=N–C) groups is 1. The van der Waals surface area contributed by atoms with Crippen LogP contribution in [0.15, 0.2) is 78.3 Å². The summed E-state index contributed by atoms with van der Waals surface area (Å²) in [5, 5.41) is 17.2. The van der Waals surface area contributed by atoms with Gasteiger partial charge in [0.1, 0.15) is 36.3 Å². The molecule has 0 saturated carbocycles. The maximum absolute atomic E-state index is 14.5. The summed E-state index contributed by atoms with van der Waals surface area (Å²) >= 11 is 8.44. The van der Waals surface area contributed by atoms with Crippen molar-refractivity contribution in [3.05, 3.63) is 90.1 Å². The van der Waals surface area contributed by atoms with Gasteiger partial charge in [0, 0.05) is 67.0 Å². The molecular formula is C45H63N13O7S2. The predicted octanol–water partition coefficient (Wildman–Crippen LogP) is 0.197. The summed E-state index contributed by atoms with van der Waals surface area (Å²) in [7, 11) is 0. The zero-order valence-electron chi connectivity index (χ0n) is 37.5. The van der Waals surface area contributed by atoms with Crippen LogP contribution < -0.4 is 49.1 Å². The Morgan fingerprint density at radius 2 is 1.24 bits per heavy atom. The molecule has 0 aliphatic heterocycles. The maximum Gasteiger partial charge on any atom is 0.243 e. The van der Waals surface area contributed by atoms with Crippen LogP contribution in [-0.2, 0) is 52.8 Å². The number of hydrogen-bond acceptors (Lipinski definition) is 11. The number of primary amides is 1. The van der Waals surface area contributed by atoms with E-state index < -0.39 is 71.7 Å². The van der Waals surface area contributed by atoms with E-state index in [1.54, 1.807) is 36.5 Å². The number of rotatable bonds is 29. The fourth-order valence-corrected chi connectivity index (χ4v) is 7.68. The average molecular weight is 962 g/mol. The standard InChI is InChI=1S/C45H63N13O7S2/c1-2-3-5-16-38(59)53-33(17-19-66)41(62)57-36(22-29-24-49-26-52-29)44(65)55-34(20-27-11-6-4-7-12-27)42(63)54-32(15-10-18-50-45(47)48)40(61)56-35(43(64)58-37(25-67)39(46)60)21-28-23-51-31-14-9-8-13-30(28)31/h4,6-9,11-14,23-24,26,32-37,51,66-67H,2-3,5,10,15-22,25H2,1H3,(H2,46,60)(H,49,52)(H,53,59)(H,54,63)(H,55,65)(H,56,61)(H,57,62)(H,58,64)(H4,47,48,50)/t32-,33-,34+,35-,36-,37-/m0/s1. The Morgan fingerprint density at radius 3 is 1.84 bits per heavy atom. The summed E-state index contributed by atoms with van der Waals surface area (Å²) in [5.41, 5.74) is 19.3. The molecule has 22 heteroatoms. The van der Waals surface area contributed by atoms with Crippen LogP contribution in [0.25, 0.3) is 10.9 Å². The van der Waals surface area contributed by atoms with Gasteiger partial charge in [-0.3, -0.25) is 38.6 Å². The van der Waals surface area contributed by atoms with E-state index in [-0.39, 0.29) is 74.9 Å². The van der Waals surface area contributed by atoms with Crippen molar-refractivity contribution < 1.29 is 33.6 Å². The Labute approximate surface area is 400 Å². The highest BCUT2D eigenvalue weighted by Crippen LogP contribution is 2.20. The average Bonchev–Trinajstić information content (AvgIpc) is 3.98. The molecule has 0 saturated heterocycles. The van der Waals surface area contributed by atoms with Crippen molar-refractivity contribution in [2.24, 2.45) is 22.2 Å². The number of thiol groups is 2. The van der Waals surface area contributed by atoms with Gasteiger partial charge in [-0.1, -0.05) is 68.3 Å². The first kappa shape index (κ1) is 53.1. The number of carbonyl (C=O) groups is 7. The monoisotopic (exact) mass is 961 g/mol. The Bertz CT molecular complexity index is 2270. The highest BCUT2D eigenvalue weighted by Gasteiger charge is 2.34. The van der Waals surface area contributed by atoms with Gasteiger partial charge in [0.15, 0.2) is 5.96 Å².